The molecule has 0 saturated heterocycles. The van der Waals surface area contributed by atoms with Gasteiger partial charge in [-0.3, -0.25) is 4.79 Å². The van der Waals surface area contributed by atoms with E-state index in [0.29, 0.717) is 12.0 Å². The van der Waals surface area contributed by atoms with Gasteiger partial charge in [0.25, 0.3) is 0 Å². The maximum Gasteiger partial charge on any atom is 0.156 e. The summed E-state index contributed by atoms with van der Waals surface area (Å²) in [6.07, 6.45) is 3.04. The van der Waals surface area contributed by atoms with Crippen molar-refractivity contribution < 1.29 is 9.53 Å². The highest BCUT2D eigenvalue weighted by molar-refractivity contribution is 5.99. The first kappa shape index (κ1) is 15.1. The summed E-state index contributed by atoms with van der Waals surface area (Å²) in [7, 11) is 1.64. The van der Waals surface area contributed by atoms with Crippen molar-refractivity contribution in [3.63, 3.8) is 0 Å². The van der Waals surface area contributed by atoms with Gasteiger partial charge in [-0.05, 0) is 59.4 Å². The standard InChI is InChI=1S/C20H17NO2/c1-23-20-7-5-15(6-8-20)17-10-18(12-19(22)11-17)16-4-2-3-14(9-16)13-21/h2-9,12,17H,10-11H2,1H3/t17-/m1/s1. The molecule has 0 unspecified atom stereocenters. The Labute approximate surface area is 135 Å². The average Bonchev–Trinajstić information content (AvgIpc) is 2.61. The minimum atomic E-state index is 0.134. The van der Waals surface area contributed by atoms with E-state index in [9.17, 15) is 4.79 Å². The molecule has 0 amide bonds. The fourth-order valence-corrected chi connectivity index (χ4v) is 2.99. The third-order valence-corrected chi connectivity index (χ3v) is 4.20. The fourth-order valence-electron chi connectivity index (χ4n) is 2.99. The largest absolute Gasteiger partial charge is 0.497 e. The molecule has 0 spiro atoms. The minimum Gasteiger partial charge on any atom is -0.497 e. The maximum atomic E-state index is 12.1. The Morgan fingerprint density at radius 3 is 2.61 bits per heavy atom. The lowest BCUT2D eigenvalue weighted by Gasteiger charge is -2.23. The zero-order chi connectivity index (χ0) is 16.2. The highest BCUT2D eigenvalue weighted by atomic mass is 16.5. The van der Waals surface area contributed by atoms with Gasteiger partial charge in [0.05, 0.1) is 18.7 Å². The van der Waals surface area contributed by atoms with Crippen LogP contribution in [0.2, 0.25) is 0 Å². The van der Waals surface area contributed by atoms with Crippen molar-refractivity contribution in [1.82, 2.24) is 0 Å². The van der Waals surface area contributed by atoms with Gasteiger partial charge in [-0.15, -0.1) is 0 Å². The molecule has 0 heterocycles. The molecule has 3 nitrogen and oxygen atoms in total. The van der Waals surface area contributed by atoms with Crippen LogP contribution in [0.5, 0.6) is 5.75 Å². The van der Waals surface area contributed by atoms with Gasteiger partial charge in [0.2, 0.25) is 0 Å². The predicted molar refractivity (Wildman–Crippen MR) is 89.1 cm³/mol. The Balaban J connectivity index is 1.88. The van der Waals surface area contributed by atoms with Crippen LogP contribution in [0.25, 0.3) is 5.57 Å². The average molecular weight is 303 g/mol. The second-order valence-electron chi connectivity index (χ2n) is 5.71. The van der Waals surface area contributed by atoms with Crippen LogP contribution in [0.15, 0.2) is 54.6 Å². The Kier molecular flexibility index (Phi) is 4.25. The number of ketones is 1. The quantitative estimate of drug-likeness (QED) is 0.858. The topological polar surface area (TPSA) is 50.1 Å². The summed E-state index contributed by atoms with van der Waals surface area (Å²) in [5.41, 5.74) is 3.71. The van der Waals surface area contributed by atoms with E-state index in [-0.39, 0.29) is 11.7 Å². The molecule has 1 aliphatic carbocycles. The van der Waals surface area contributed by atoms with Crippen LogP contribution in [0, 0.1) is 11.3 Å². The summed E-state index contributed by atoms with van der Waals surface area (Å²) >= 11 is 0. The number of carbonyl (C=O) groups is 1. The molecule has 0 radical (unpaired) electrons. The molecular formula is C20H17NO2. The normalized spacial score (nSPS) is 17.3. The number of nitrogens with zero attached hydrogens (tertiary/aromatic N) is 1. The number of hydrogen-bond donors (Lipinski definition) is 0. The van der Waals surface area contributed by atoms with Crippen molar-refractivity contribution in [2.75, 3.05) is 7.11 Å². The van der Waals surface area contributed by atoms with Gasteiger partial charge < -0.3 is 4.74 Å². The van der Waals surface area contributed by atoms with Gasteiger partial charge in [-0.2, -0.15) is 5.26 Å². The molecule has 0 saturated carbocycles. The first-order valence-corrected chi connectivity index (χ1v) is 7.57. The molecule has 0 fully saturated rings. The first-order chi connectivity index (χ1) is 11.2. The van der Waals surface area contributed by atoms with Crippen molar-refractivity contribution in [3.05, 3.63) is 71.3 Å². The van der Waals surface area contributed by atoms with Gasteiger partial charge in [0.1, 0.15) is 5.75 Å². The summed E-state index contributed by atoms with van der Waals surface area (Å²) in [6.45, 7) is 0. The summed E-state index contributed by atoms with van der Waals surface area (Å²) in [5, 5.41) is 9.04. The van der Waals surface area contributed by atoms with Gasteiger partial charge in [-0.25, -0.2) is 0 Å². The molecule has 1 atom stereocenters. The highest BCUT2D eigenvalue weighted by Crippen LogP contribution is 2.36. The van der Waals surface area contributed by atoms with E-state index in [1.54, 1.807) is 19.3 Å². The third kappa shape index (κ3) is 3.32. The van der Waals surface area contributed by atoms with Crippen molar-refractivity contribution >= 4 is 11.4 Å². The van der Waals surface area contributed by atoms with E-state index in [0.717, 1.165) is 28.9 Å². The van der Waals surface area contributed by atoms with Crippen LogP contribution < -0.4 is 4.74 Å². The highest BCUT2D eigenvalue weighted by Gasteiger charge is 2.23. The van der Waals surface area contributed by atoms with Crippen molar-refractivity contribution in [1.29, 1.82) is 5.26 Å². The van der Waals surface area contributed by atoms with E-state index >= 15 is 0 Å². The van der Waals surface area contributed by atoms with Crippen LogP contribution in [0.4, 0.5) is 0 Å². The Hall–Kier alpha value is -2.86. The molecular weight excluding hydrogens is 286 g/mol. The summed E-state index contributed by atoms with van der Waals surface area (Å²) < 4.78 is 5.18. The lowest BCUT2D eigenvalue weighted by molar-refractivity contribution is -0.115. The zero-order valence-corrected chi connectivity index (χ0v) is 13.0. The lowest BCUT2D eigenvalue weighted by Crippen LogP contribution is -2.12. The SMILES string of the molecule is COc1ccc([C@H]2CC(=O)C=C(c3cccc(C#N)c3)C2)cc1. The Morgan fingerprint density at radius 2 is 1.91 bits per heavy atom. The van der Waals surface area contributed by atoms with E-state index in [4.69, 9.17) is 10.00 Å². The van der Waals surface area contributed by atoms with Gasteiger partial charge in [0, 0.05) is 6.42 Å². The predicted octanol–water partition coefficient (Wildman–Crippen LogP) is 4.10. The van der Waals surface area contributed by atoms with E-state index in [2.05, 4.69) is 6.07 Å². The van der Waals surface area contributed by atoms with Crippen LogP contribution in [-0.4, -0.2) is 12.9 Å². The van der Waals surface area contributed by atoms with Crippen molar-refractivity contribution in [2.45, 2.75) is 18.8 Å². The van der Waals surface area contributed by atoms with Gasteiger partial charge in [0.15, 0.2) is 5.78 Å². The lowest BCUT2D eigenvalue weighted by atomic mass is 9.81. The number of ether oxygens (including phenoxy) is 1. The number of methoxy groups -OCH3 is 1. The smallest absolute Gasteiger partial charge is 0.156 e. The number of rotatable bonds is 3. The molecule has 2 aromatic rings. The summed E-state index contributed by atoms with van der Waals surface area (Å²) in [4.78, 5) is 12.1. The first-order valence-electron chi connectivity index (χ1n) is 7.57. The summed E-state index contributed by atoms with van der Waals surface area (Å²) in [6, 6.07) is 17.5. The van der Waals surface area contributed by atoms with Crippen molar-refractivity contribution in [2.24, 2.45) is 0 Å². The minimum absolute atomic E-state index is 0.134. The van der Waals surface area contributed by atoms with Crippen molar-refractivity contribution in [3.8, 4) is 11.8 Å². The van der Waals surface area contributed by atoms with Crippen LogP contribution in [0.1, 0.15) is 35.4 Å². The van der Waals surface area contributed by atoms with Gasteiger partial charge in [-0.1, -0.05) is 24.3 Å². The summed E-state index contributed by atoms with van der Waals surface area (Å²) in [5.74, 6) is 1.11. The molecule has 3 heteroatoms. The Morgan fingerprint density at radius 1 is 1.13 bits per heavy atom. The number of benzene rings is 2. The molecule has 0 N–H and O–H groups in total. The Bertz CT molecular complexity index is 797. The molecule has 23 heavy (non-hydrogen) atoms. The van der Waals surface area contributed by atoms with Gasteiger partial charge >= 0.3 is 0 Å². The second kappa shape index (κ2) is 6.50. The zero-order valence-electron chi connectivity index (χ0n) is 13.0. The van der Waals surface area contributed by atoms with Crippen LogP contribution in [0.3, 0.4) is 0 Å². The number of hydrogen-bond acceptors (Lipinski definition) is 3. The van der Waals surface area contributed by atoms with E-state index in [1.165, 1.54) is 0 Å². The third-order valence-electron chi connectivity index (χ3n) is 4.20. The second-order valence-corrected chi connectivity index (χ2v) is 5.71. The molecule has 0 aromatic heterocycles. The van der Waals surface area contributed by atoms with Crippen LogP contribution in [-0.2, 0) is 4.79 Å². The van der Waals surface area contributed by atoms with E-state index in [1.807, 2.05) is 42.5 Å². The molecule has 3 rings (SSSR count). The molecule has 1 aliphatic rings. The molecule has 0 bridgehead atoms. The monoisotopic (exact) mass is 303 g/mol. The van der Waals surface area contributed by atoms with Crippen LogP contribution >= 0.6 is 0 Å². The molecule has 0 aliphatic heterocycles. The fraction of sp³-hybridized carbons (Fsp3) is 0.200. The molecule has 114 valence electrons. The number of nitriles is 1. The molecule has 2 aromatic carbocycles. The number of carbonyl (C=O) groups excluding carboxylic acids is 1. The van der Waals surface area contributed by atoms with E-state index < -0.39 is 0 Å². The maximum absolute atomic E-state index is 12.1. The number of allylic oxidation sites excluding steroid dienone is 2.